The van der Waals surface area contributed by atoms with Crippen molar-refractivity contribution in [3.8, 4) is 0 Å². The minimum Gasteiger partial charge on any atom is -0.298 e. The van der Waals surface area contributed by atoms with Gasteiger partial charge in [0.05, 0.1) is 6.04 Å². The second-order valence-electron chi connectivity index (χ2n) is 5.98. The Labute approximate surface area is 116 Å². The topological polar surface area (TPSA) is 20.3 Å². The maximum Gasteiger partial charge on any atom is 0.151 e. The van der Waals surface area contributed by atoms with Crippen LogP contribution in [0.1, 0.15) is 62.1 Å². The van der Waals surface area contributed by atoms with Gasteiger partial charge in [-0.3, -0.25) is 9.69 Å². The van der Waals surface area contributed by atoms with Gasteiger partial charge in [0.15, 0.2) is 5.78 Å². The zero-order chi connectivity index (χ0) is 13.8. The summed E-state index contributed by atoms with van der Waals surface area (Å²) in [4.78, 5) is 13.7. The van der Waals surface area contributed by atoms with Crippen molar-refractivity contribution in [3.63, 3.8) is 0 Å². The highest BCUT2D eigenvalue weighted by molar-refractivity contribution is 5.82. The minimum atomic E-state index is -0.111. The van der Waals surface area contributed by atoms with Crippen molar-refractivity contribution < 1.29 is 4.79 Å². The molecule has 0 aromatic heterocycles. The molecule has 0 saturated heterocycles. The van der Waals surface area contributed by atoms with Crippen LogP contribution in [0.3, 0.4) is 0 Å². The third kappa shape index (κ3) is 3.44. The van der Waals surface area contributed by atoms with Crippen molar-refractivity contribution in [1.82, 2.24) is 4.90 Å². The average molecular weight is 259 g/mol. The van der Waals surface area contributed by atoms with Crippen molar-refractivity contribution >= 4 is 5.78 Å². The lowest BCUT2D eigenvalue weighted by atomic mass is 9.83. The van der Waals surface area contributed by atoms with Gasteiger partial charge >= 0.3 is 0 Å². The predicted molar refractivity (Wildman–Crippen MR) is 79.4 cm³/mol. The van der Waals surface area contributed by atoms with Crippen LogP contribution in [0.15, 0.2) is 24.3 Å². The molecular formula is C17H25NO. The second kappa shape index (κ2) is 6.33. The Morgan fingerprint density at radius 3 is 2.16 bits per heavy atom. The smallest absolute Gasteiger partial charge is 0.151 e. The molecule has 0 N–H and O–H groups in total. The molecule has 1 aromatic carbocycles. The number of hydrogen-bond donors (Lipinski definition) is 0. The molecule has 1 fully saturated rings. The van der Waals surface area contributed by atoms with E-state index in [2.05, 4.69) is 24.3 Å². The average Bonchev–Trinajstić information content (AvgIpc) is 2.40. The molecule has 1 aromatic rings. The fourth-order valence-electron chi connectivity index (χ4n) is 3.28. The summed E-state index contributed by atoms with van der Waals surface area (Å²) in [7, 11) is 3.92. The number of carbonyl (C=O) groups excluding carboxylic acids is 1. The first-order chi connectivity index (χ1) is 9.09. The fourth-order valence-corrected chi connectivity index (χ4v) is 3.28. The number of carbonyl (C=O) groups is 1. The van der Waals surface area contributed by atoms with Crippen LogP contribution in [-0.4, -0.2) is 24.8 Å². The first-order valence-electron chi connectivity index (χ1n) is 7.36. The van der Waals surface area contributed by atoms with E-state index < -0.39 is 0 Å². The van der Waals surface area contributed by atoms with Crippen LogP contribution in [0.4, 0.5) is 0 Å². The van der Waals surface area contributed by atoms with Crippen molar-refractivity contribution in [3.05, 3.63) is 35.4 Å². The summed E-state index contributed by atoms with van der Waals surface area (Å²) in [5.41, 5.74) is 2.56. The molecule has 2 nitrogen and oxygen atoms in total. The highest BCUT2D eigenvalue weighted by Gasteiger charge is 2.20. The first kappa shape index (κ1) is 14.3. The van der Waals surface area contributed by atoms with Crippen LogP contribution in [0.2, 0.25) is 0 Å². The van der Waals surface area contributed by atoms with Crippen LogP contribution < -0.4 is 0 Å². The van der Waals surface area contributed by atoms with Gasteiger partial charge in [-0.25, -0.2) is 0 Å². The molecule has 0 heterocycles. The van der Waals surface area contributed by atoms with E-state index in [1.54, 1.807) is 6.92 Å². The monoisotopic (exact) mass is 259 g/mol. The Hall–Kier alpha value is -1.15. The minimum absolute atomic E-state index is 0.111. The Morgan fingerprint density at radius 1 is 1.11 bits per heavy atom. The molecule has 0 radical (unpaired) electrons. The van der Waals surface area contributed by atoms with Gasteiger partial charge in [-0.1, -0.05) is 43.5 Å². The van der Waals surface area contributed by atoms with Crippen LogP contribution in [0.5, 0.6) is 0 Å². The molecule has 2 rings (SSSR count). The number of hydrogen-bond acceptors (Lipinski definition) is 2. The molecule has 1 unspecified atom stereocenters. The maximum absolute atomic E-state index is 11.7. The van der Waals surface area contributed by atoms with Gasteiger partial charge in [-0.05, 0) is 50.9 Å². The number of nitrogens with zero attached hydrogens (tertiary/aromatic N) is 1. The Morgan fingerprint density at radius 2 is 1.68 bits per heavy atom. The molecule has 0 amide bonds. The molecule has 104 valence electrons. The van der Waals surface area contributed by atoms with Gasteiger partial charge in [0.2, 0.25) is 0 Å². The lowest BCUT2D eigenvalue weighted by molar-refractivity contribution is -0.121. The standard InChI is InChI=1S/C17H25NO/c1-13(19)17(18(2)3)16-11-9-15(10-12-16)14-7-5-4-6-8-14/h9-12,14,17H,4-8H2,1-3H3. The highest BCUT2D eigenvalue weighted by atomic mass is 16.1. The van der Waals surface area contributed by atoms with Crippen LogP contribution >= 0.6 is 0 Å². The molecule has 1 atom stereocenters. The summed E-state index contributed by atoms with van der Waals surface area (Å²) in [6.07, 6.45) is 6.76. The summed E-state index contributed by atoms with van der Waals surface area (Å²) >= 11 is 0. The largest absolute Gasteiger partial charge is 0.298 e. The van der Waals surface area contributed by atoms with E-state index in [0.717, 1.165) is 11.5 Å². The summed E-state index contributed by atoms with van der Waals surface area (Å²) < 4.78 is 0. The van der Waals surface area contributed by atoms with Crippen molar-refractivity contribution in [2.75, 3.05) is 14.1 Å². The summed E-state index contributed by atoms with van der Waals surface area (Å²) in [6.45, 7) is 1.67. The first-order valence-corrected chi connectivity index (χ1v) is 7.36. The zero-order valence-corrected chi connectivity index (χ0v) is 12.4. The van der Waals surface area contributed by atoms with Gasteiger partial charge in [0.1, 0.15) is 0 Å². The molecule has 0 aliphatic heterocycles. The molecule has 1 saturated carbocycles. The van der Waals surface area contributed by atoms with Crippen molar-refractivity contribution in [2.24, 2.45) is 0 Å². The maximum atomic E-state index is 11.7. The molecule has 0 spiro atoms. The normalized spacial score (nSPS) is 18.5. The van der Waals surface area contributed by atoms with E-state index in [1.165, 1.54) is 37.7 Å². The molecule has 0 bridgehead atoms. The third-order valence-electron chi connectivity index (χ3n) is 4.23. The number of benzene rings is 1. The molecular weight excluding hydrogens is 234 g/mol. The van der Waals surface area contributed by atoms with Crippen molar-refractivity contribution in [1.29, 1.82) is 0 Å². The predicted octanol–water partition coefficient (Wildman–Crippen LogP) is 3.93. The van der Waals surface area contributed by atoms with Gasteiger partial charge in [-0.2, -0.15) is 0 Å². The third-order valence-corrected chi connectivity index (χ3v) is 4.23. The highest BCUT2D eigenvalue weighted by Crippen LogP contribution is 2.33. The van der Waals surface area contributed by atoms with Gasteiger partial charge in [0, 0.05) is 0 Å². The van der Waals surface area contributed by atoms with Gasteiger partial charge in [-0.15, -0.1) is 0 Å². The van der Waals surface area contributed by atoms with Crippen LogP contribution in [0.25, 0.3) is 0 Å². The number of likely N-dealkylation sites (N-methyl/N-ethyl adjacent to an activating group) is 1. The van der Waals surface area contributed by atoms with E-state index in [1.807, 2.05) is 19.0 Å². The quantitative estimate of drug-likeness (QED) is 0.816. The number of Topliss-reactive ketones (excluding diaryl/α,β-unsaturated/α-hetero) is 1. The Bertz CT molecular complexity index is 415. The van der Waals surface area contributed by atoms with E-state index in [4.69, 9.17) is 0 Å². The summed E-state index contributed by atoms with van der Waals surface area (Å²) in [5.74, 6) is 0.938. The van der Waals surface area contributed by atoms with Crippen LogP contribution in [0, 0.1) is 0 Å². The molecule has 19 heavy (non-hydrogen) atoms. The summed E-state index contributed by atoms with van der Waals surface area (Å²) in [5, 5.41) is 0. The van der Waals surface area contributed by atoms with Gasteiger partial charge in [0.25, 0.3) is 0 Å². The van der Waals surface area contributed by atoms with Crippen LogP contribution in [-0.2, 0) is 4.79 Å². The summed E-state index contributed by atoms with van der Waals surface area (Å²) in [6, 6.07) is 8.61. The SMILES string of the molecule is CC(=O)C(c1ccc(C2CCCCC2)cc1)N(C)C. The Balaban J connectivity index is 2.14. The van der Waals surface area contributed by atoms with Gasteiger partial charge < -0.3 is 0 Å². The number of ketones is 1. The van der Waals surface area contributed by atoms with Crippen molar-refractivity contribution in [2.45, 2.75) is 51.0 Å². The van der Waals surface area contributed by atoms with E-state index in [-0.39, 0.29) is 11.8 Å². The Kier molecular flexibility index (Phi) is 4.76. The van der Waals surface area contributed by atoms with E-state index in [0.29, 0.717) is 0 Å². The molecule has 2 heteroatoms. The zero-order valence-electron chi connectivity index (χ0n) is 12.4. The van der Waals surface area contributed by atoms with E-state index >= 15 is 0 Å². The van der Waals surface area contributed by atoms with E-state index in [9.17, 15) is 4.79 Å². The second-order valence-corrected chi connectivity index (χ2v) is 5.98. The lowest BCUT2D eigenvalue weighted by Gasteiger charge is -2.24. The molecule has 1 aliphatic carbocycles. The fraction of sp³-hybridized carbons (Fsp3) is 0.588. The molecule has 1 aliphatic rings. The lowest BCUT2D eigenvalue weighted by Crippen LogP contribution is -2.25. The number of rotatable bonds is 4.